The minimum atomic E-state index is -0.0793. The van der Waals surface area contributed by atoms with Crippen LogP contribution in [-0.4, -0.2) is 17.7 Å². The number of carbonyl (C=O) groups excluding carboxylic acids is 2. The van der Waals surface area contributed by atoms with Gasteiger partial charge in [-0.2, -0.15) is 0 Å². The van der Waals surface area contributed by atoms with Crippen LogP contribution in [0.3, 0.4) is 0 Å². The molecular formula is C20H31NO2. The fourth-order valence-corrected chi connectivity index (χ4v) is 7.46. The number of ketones is 1. The molecule has 3 aliphatic carbocycles. The minimum Gasteiger partial charge on any atom is -0.353 e. The highest BCUT2D eigenvalue weighted by atomic mass is 16.1. The third kappa shape index (κ3) is 1.77. The normalized spacial score (nSPS) is 52.4. The van der Waals surface area contributed by atoms with Crippen LogP contribution >= 0.6 is 0 Å². The van der Waals surface area contributed by atoms with E-state index in [2.05, 4.69) is 26.1 Å². The Balaban J connectivity index is 1.73. The van der Waals surface area contributed by atoms with Gasteiger partial charge in [0, 0.05) is 24.3 Å². The van der Waals surface area contributed by atoms with Gasteiger partial charge in [-0.15, -0.1) is 0 Å². The summed E-state index contributed by atoms with van der Waals surface area (Å²) in [4.78, 5) is 24.6. The third-order valence-electron chi connectivity index (χ3n) is 8.93. The van der Waals surface area contributed by atoms with Gasteiger partial charge in [0.2, 0.25) is 5.91 Å². The molecule has 1 aliphatic heterocycles. The van der Waals surface area contributed by atoms with Gasteiger partial charge < -0.3 is 5.32 Å². The number of amides is 1. The van der Waals surface area contributed by atoms with Gasteiger partial charge >= 0.3 is 0 Å². The van der Waals surface area contributed by atoms with Crippen molar-refractivity contribution in [3.63, 3.8) is 0 Å². The second-order valence-corrected chi connectivity index (χ2v) is 9.22. The molecule has 1 N–H and O–H groups in total. The minimum absolute atomic E-state index is 0.0793. The predicted octanol–water partition coefficient (Wildman–Crippen LogP) is 3.86. The number of Topliss-reactive ketones (excluding diaryl/α,β-unsaturated/α-hetero) is 1. The maximum Gasteiger partial charge on any atom is 0.220 e. The van der Waals surface area contributed by atoms with Crippen molar-refractivity contribution in [3.05, 3.63) is 0 Å². The van der Waals surface area contributed by atoms with Crippen LogP contribution in [0.1, 0.15) is 78.6 Å². The van der Waals surface area contributed by atoms with Crippen molar-refractivity contribution in [2.45, 2.75) is 84.6 Å². The van der Waals surface area contributed by atoms with Crippen LogP contribution in [0.15, 0.2) is 0 Å². The van der Waals surface area contributed by atoms with Gasteiger partial charge in [0.15, 0.2) is 0 Å². The molecule has 128 valence electrons. The number of piperidine rings is 1. The van der Waals surface area contributed by atoms with Crippen molar-refractivity contribution in [2.24, 2.45) is 28.1 Å². The molecule has 23 heavy (non-hydrogen) atoms. The Morgan fingerprint density at radius 1 is 1.00 bits per heavy atom. The molecule has 0 spiro atoms. The molecule has 1 saturated heterocycles. The third-order valence-corrected chi connectivity index (χ3v) is 8.93. The highest BCUT2D eigenvalue weighted by molar-refractivity contribution is 5.88. The molecule has 3 heteroatoms. The molecule has 4 rings (SSSR count). The second-order valence-electron chi connectivity index (χ2n) is 9.22. The average molecular weight is 317 g/mol. The van der Waals surface area contributed by atoms with Gasteiger partial charge in [-0.05, 0) is 67.6 Å². The van der Waals surface area contributed by atoms with E-state index in [0.29, 0.717) is 30.1 Å². The van der Waals surface area contributed by atoms with Crippen LogP contribution in [0.4, 0.5) is 0 Å². The summed E-state index contributed by atoms with van der Waals surface area (Å²) in [5, 5.41) is 3.29. The Labute approximate surface area is 140 Å². The van der Waals surface area contributed by atoms with Crippen LogP contribution in [0.25, 0.3) is 0 Å². The predicted molar refractivity (Wildman–Crippen MR) is 89.8 cm³/mol. The molecule has 4 aliphatic rings. The quantitative estimate of drug-likeness (QED) is 0.798. The van der Waals surface area contributed by atoms with Crippen LogP contribution in [0.2, 0.25) is 0 Å². The summed E-state index contributed by atoms with van der Waals surface area (Å²) in [6.07, 6.45) is 9.31. The maximum atomic E-state index is 12.7. The second kappa shape index (κ2) is 4.83. The summed E-state index contributed by atoms with van der Waals surface area (Å²) >= 11 is 0. The fraction of sp³-hybridized carbons (Fsp3) is 0.900. The summed E-state index contributed by atoms with van der Waals surface area (Å²) in [6.45, 7) is 7.02. The van der Waals surface area contributed by atoms with Crippen molar-refractivity contribution in [3.8, 4) is 0 Å². The van der Waals surface area contributed by atoms with E-state index in [4.69, 9.17) is 0 Å². The number of carbonyl (C=O) groups is 2. The van der Waals surface area contributed by atoms with E-state index in [0.717, 1.165) is 38.5 Å². The standard InChI is InChI=1S/C20H31NO2/c1-4-20-12-8-16(22)19(20,3)11-7-13-14(20)5-6-15-18(13,2)10-9-17(23)21-15/h13-15H,4-12H2,1-3H3,(H,21,23)/t13-,14+,15+,18+,19+,20-/m0/s1. The van der Waals surface area contributed by atoms with Crippen LogP contribution < -0.4 is 5.32 Å². The molecule has 0 aromatic carbocycles. The zero-order chi connectivity index (χ0) is 16.5. The SMILES string of the molecule is CC[C@@]12CCC(=O)[C@@]1(C)CC[C@H]1[C@H]2CC[C@H]2NC(=O)CC[C@@]21C. The number of hydrogen-bond donors (Lipinski definition) is 1. The van der Waals surface area contributed by atoms with Gasteiger partial charge in [0.1, 0.15) is 5.78 Å². The van der Waals surface area contributed by atoms with E-state index < -0.39 is 0 Å². The topological polar surface area (TPSA) is 46.2 Å². The van der Waals surface area contributed by atoms with Gasteiger partial charge in [-0.1, -0.05) is 20.8 Å². The molecule has 4 fully saturated rings. The van der Waals surface area contributed by atoms with E-state index in [1.165, 1.54) is 12.8 Å². The van der Waals surface area contributed by atoms with Gasteiger partial charge in [0.25, 0.3) is 0 Å². The highest BCUT2D eigenvalue weighted by Gasteiger charge is 2.66. The Kier molecular flexibility index (Phi) is 3.29. The molecule has 1 amide bonds. The van der Waals surface area contributed by atoms with Crippen molar-refractivity contribution >= 4 is 11.7 Å². The first-order valence-electron chi connectivity index (χ1n) is 9.70. The van der Waals surface area contributed by atoms with Gasteiger partial charge in [0.05, 0.1) is 0 Å². The Morgan fingerprint density at radius 3 is 2.52 bits per heavy atom. The first kappa shape index (κ1) is 15.7. The van der Waals surface area contributed by atoms with E-state index >= 15 is 0 Å². The molecule has 3 nitrogen and oxygen atoms in total. The monoisotopic (exact) mass is 317 g/mol. The molecular weight excluding hydrogens is 286 g/mol. The van der Waals surface area contributed by atoms with Crippen molar-refractivity contribution < 1.29 is 9.59 Å². The Morgan fingerprint density at radius 2 is 1.78 bits per heavy atom. The zero-order valence-electron chi connectivity index (χ0n) is 14.9. The highest BCUT2D eigenvalue weighted by Crippen LogP contribution is 2.70. The lowest BCUT2D eigenvalue weighted by Crippen LogP contribution is -2.63. The molecule has 0 aromatic heterocycles. The van der Waals surface area contributed by atoms with Crippen molar-refractivity contribution in [1.82, 2.24) is 5.32 Å². The summed E-state index contributed by atoms with van der Waals surface area (Å²) < 4.78 is 0. The summed E-state index contributed by atoms with van der Waals surface area (Å²) in [7, 11) is 0. The van der Waals surface area contributed by atoms with E-state index in [9.17, 15) is 9.59 Å². The molecule has 3 saturated carbocycles. The lowest BCUT2D eigenvalue weighted by atomic mass is 9.42. The van der Waals surface area contributed by atoms with Crippen LogP contribution in [0.5, 0.6) is 0 Å². The lowest BCUT2D eigenvalue weighted by molar-refractivity contribution is -0.160. The van der Waals surface area contributed by atoms with Gasteiger partial charge in [-0.25, -0.2) is 0 Å². The van der Waals surface area contributed by atoms with E-state index in [1.807, 2.05) is 0 Å². The first-order valence-corrected chi connectivity index (χ1v) is 9.70. The number of rotatable bonds is 1. The van der Waals surface area contributed by atoms with Crippen LogP contribution in [-0.2, 0) is 9.59 Å². The summed E-state index contributed by atoms with van der Waals surface area (Å²) in [5.41, 5.74) is 0.387. The van der Waals surface area contributed by atoms with Crippen molar-refractivity contribution in [1.29, 1.82) is 0 Å². The fourth-order valence-electron chi connectivity index (χ4n) is 7.46. The lowest BCUT2D eigenvalue weighted by Gasteiger charge is -2.63. The number of fused-ring (bicyclic) bond motifs is 5. The van der Waals surface area contributed by atoms with Gasteiger partial charge in [-0.3, -0.25) is 9.59 Å². The number of nitrogens with one attached hydrogen (secondary N) is 1. The molecule has 1 heterocycles. The average Bonchev–Trinajstić information content (AvgIpc) is 2.80. The summed E-state index contributed by atoms with van der Waals surface area (Å²) in [5.74, 6) is 2.13. The molecule has 0 unspecified atom stereocenters. The molecule has 0 radical (unpaired) electrons. The molecule has 6 atom stereocenters. The number of hydrogen-bond acceptors (Lipinski definition) is 2. The molecule has 0 aromatic rings. The largest absolute Gasteiger partial charge is 0.353 e. The van der Waals surface area contributed by atoms with E-state index in [-0.39, 0.29) is 22.2 Å². The summed E-state index contributed by atoms with van der Waals surface area (Å²) in [6, 6.07) is 0.361. The Hall–Kier alpha value is -0.860. The molecule has 0 bridgehead atoms. The maximum absolute atomic E-state index is 12.7. The van der Waals surface area contributed by atoms with Crippen molar-refractivity contribution in [2.75, 3.05) is 0 Å². The first-order chi connectivity index (χ1) is 10.9. The zero-order valence-corrected chi connectivity index (χ0v) is 14.9. The smallest absolute Gasteiger partial charge is 0.220 e. The van der Waals surface area contributed by atoms with E-state index in [1.54, 1.807) is 0 Å². The Bertz CT molecular complexity index is 558. The van der Waals surface area contributed by atoms with Crippen LogP contribution in [0, 0.1) is 28.1 Å².